The fourth-order valence-electron chi connectivity index (χ4n) is 4.06. The third-order valence-electron chi connectivity index (χ3n) is 5.57. The van der Waals surface area contributed by atoms with E-state index in [1.54, 1.807) is 43.5 Å². The van der Waals surface area contributed by atoms with Gasteiger partial charge in [0, 0.05) is 39.7 Å². The Morgan fingerprint density at radius 2 is 2.09 bits per heavy atom. The molecule has 0 aliphatic carbocycles. The van der Waals surface area contributed by atoms with Crippen molar-refractivity contribution in [2.24, 2.45) is 0 Å². The molecular formula is C23H16ClFN4O3. The molecule has 0 saturated heterocycles. The molecule has 0 radical (unpaired) electrons. The van der Waals surface area contributed by atoms with Gasteiger partial charge in [-0.15, -0.1) is 0 Å². The van der Waals surface area contributed by atoms with Crippen molar-refractivity contribution in [3.63, 3.8) is 0 Å². The summed E-state index contributed by atoms with van der Waals surface area (Å²) in [5.41, 5.74) is 1.94. The lowest BCUT2D eigenvalue weighted by atomic mass is 10.0. The summed E-state index contributed by atoms with van der Waals surface area (Å²) in [7, 11) is 0. The average Bonchev–Trinajstić information content (AvgIpc) is 3.31. The number of H-pyrrole nitrogens is 2. The van der Waals surface area contributed by atoms with E-state index in [9.17, 15) is 19.1 Å². The molecule has 0 atom stereocenters. The third kappa shape index (κ3) is 3.07. The van der Waals surface area contributed by atoms with Gasteiger partial charge >= 0.3 is 5.97 Å². The molecule has 3 N–H and O–H groups in total. The van der Waals surface area contributed by atoms with E-state index in [1.165, 1.54) is 16.8 Å². The Bertz CT molecular complexity index is 1600. The van der Waals surface area contributed by atoms with Crippen LogP contribution in [0.15, 0.2) is 53.6 Å². The standard InChI is InChI=1S/C23H16ClFN4O3/c1-11-5-15-19(8-17(11)25)29(10-13-6-12-9-27-28-18(12)7-16(13)24)21(23(31)32)20(15)14-3-2-4-26-22(14)30/h2-9H,10H2,1H3,(H,26,30)(H,27,28)(H,31,32). The van der Waals surface area contributed by atoms with Gasteiger partial charge in [-0.05, 0) is 54.4 Å². The Balaban J connectivity index is 1.85. The van der Waals surface area contributed by atoms with Crippen molar-refractivity contribution in [3.8, 4) is 11.1 Å². The minimum Gasteiger partial charge on any atom is -0.477 e. The first-order chi connectivity index (χ1) is 15.3. The lowest BCUT2D eigenvalue weighted by Gasteiger charge is -2.11. The number of carboxylic acids is 1. The van der Waals surface area contributed by atoms with E-state index in [1.807, 2.05) is 0 Å². The number of nitrogens with zero attached hydrogens (tertiary/aromatic N) is 2. The maximum absolute atomic E-state index is 14.6. The lowest BCUT2D eigenvalue weighted by Crippen LogP contribution is -2.13. The van der Waals surface area contributed by atoms with Crippen LogP contribution in [-0.2, 0) is 6.54 Å². The van der Waals surface area contributed by atoms with E-state index < -0.39 is 17.3 Å². The first-order valence-electron chi connectivity index (χ1n) is 9.70. The molecule has 32 heavy (non-hydrogen) atoms. The Labute approximate surface area is 185 Å². The highest BCUT2D eigenvalue weighted by Gasteiger charge is 2.26. The number of pyridine rings is 1. The minimum absolute atomic E-state index is 0.0608. The largest absolute Gasteiger partial charge is 0.477 e. The molecule has 7 nitrogen and oxygen atoms in total. The molecule has 5 rings (SSSR count). The van der Waals surface area contributed by atoms with Gasteiger partial charge in [-0.3, -0.25) is 9.89 Å². The minimum atomic E-state index is -1.24. The zero-order chi connectivity index (χ0) is 22.6. The molecule has 0 fully saturated rings. The van der Waals surface area contributed by atoms with Crippen molar-refractivity contribution in [1.29, 1.82) is 0 Å². The molecule has 0 aliphatic rings. The number of aromatic nitrogens is 4. The number of aromatic carboxylic acids is 1. The summed E-state index contributed by atoms with van der Waals surface area (Å²) >= 11 is 6.46. The Hall–Kier alpha value is -3.91. The number of nitrogens with one attached hydrogen (secondary N) is 2. The molecule has 0 unspecified atom stereocenters. The van der Waals surface area contributed by atoms with Crippen molar-refractivity contribution in [1.82, 2.24) is 19.7 Å². The van der Waals surface area contributed by atoms with E-state index in [4.69, 9.17) is 11.6 Å². The normalized spacial score (nSPS) is 11.5. The SMILES string of the molecule is Cc1cc2c(-c3ccc[nH]c3=O)c(C(=O)O)n(Cc3cc4cn[nH]c4cc3Cl)c2cc1F. The third-order valence-corrected chi connectivity index (χ3v) is 5.92. The summed E-state index contributed by atoms with van der Waals surface area (Å²) in [6.45, 7) is 1.65. The Morgan fingerprint density at radius 3 is 2.84 bits per heavy atom. The van der Waals surface area contributed by atoms with Gasteiger partial charge in [0.05, 0.1) is 17.2 Å². The van der Waals surface area contributed by atoms with Gasteiger partial charge in [-0.1, -0.05) is 11.6 Å². The second-order valence-electron chi connectivity index (χ2n) is 7.55. The van der Waals surface area contributed by atoms with Crippen LogP contribution in [-0.4, -0.2) is 30.8 Å². The van der Waals surface area contributed by atoms with Crippen LogP contribution in [0.5, 0.6) is 0 Å². The molecule has 0 amide bonds. The number of aryl methyl sites for hydroxylation is 1. The van der Waals surface area contributed by atoms with Gasteiger partial charge in [0.2, 0.25) is 0 Å². The molecular weight excluding hydrogens is 435 g/mol. The van der Waals surface area contributed by atoms with Crippen LogP contribution in [0.4, 0.5) is 4.39 Å². The highest BCUT2D eigenvalue weighted by Crippen LogP contribution is 2.36. The summed E-state index contributed by atoms with van der Waals surface area (Å²) in [5.74, 6) is -1.71. The van der Waals surface area contributed by atoms with Crippen molar-refractivity contribution < 1.29 is 14.3 Å². The van der Waals surface area contributed by atoms with E-state index in [-0.39, 0.29) is 23.4 Å². The van der Waals surface area contributed by atoms with Crippen LogP contribution < -0.4 is 5.56 Å². The van der Waals surface area contributed by atoms with Crippen molar-refractivity contribution >= 4 is 39.4 Å². The lowest BCUT2D eigenvalue weighted by molar-refractivity contribution is 0.0687. The second-order valence-corrected chi connectivity index (χ2v) is 7.95. The number of carboxylic acid groups (broad SMARTS) is 1. The van der Waals surface area contributed by atoms with Gasteiger partial charge < -0.3 is 14.7 Å². The zero-order valence-corrected chi connectivity index (χ0v) is 17.5. The molecule has 9 heteroatoms. The molecule has 0 aliphatic heterocycles. The van der Waals surface area contributed by atoms with Gasteiger partial charge in [0.25, 0.3) is 5.56 Å². The summed E-state index contributed by atoms with van der Waals surface area (Å²) in [6.07, 6.45) is 3.11. The van der Waals surface area contributed by atoms with Crippen molar-refractivity contribution in [2.45, 2.75) is 13.5 Å². The average molecular weight is 451 g/mol. The number of carbonyl (C=O) groups is 1. The number of fused-ring (bicyclic) bond motifs is 2. The van der Waals surface area contributed by atoms with Crippen LogP contribution in [0.25, 0.3) is 32.9 Å². The van der Waals surface area contributed by atoms with Crippen molar-refractivity contribution in [2.75, 3.05) is 0 Å². The predicted octanol–water partition coefficient (Wildman–Crippen LogP) is 4.72. The van der Waals surface area contributed by atoms with E-state index in [0.717, 1.165) is 10.9 Å². The van der Waals surface area contributed by atoms with Gasteiger partial charge in [-0.25, -0.2) is 9.18 Å². The fraction of sp³-hybridized carbons (Fsp3) is 0.0870. The number of hydrogen-bond acceptors (Lipinski definition) is 3. The second kappa shape index (κ2) is 7.35. The highest BCUT2D eigenvalue weighted by molar-refractivity contribution is 6.32. The van der Waals surface area contributed by atoms with E-state index in [2.05, 4.69) is 15.2 Å². The predicted molar refractivity (Wildman–Crippen MR) is 120 cm³/mol. The molecule has 3 aromatic heterocycles. The Morgan fingerprint density at radius 1 is 1.28 bits per heavy atom. The first kappa shape index (κ1) is 20.0. The maximum atomic E-state index is 14.6. The van der Waals surface area contributed by atoms with Crippen LogP contribution >= 0.6 is 11.6 Å². The van der Waals surface area contributed by atoms with E-state index >= 15 is 0 Å². The summed E-state index contributed by atoms with van der Waals surface area (Å²) < 4.78 is 16.1. The maximum Gasteiger partial charge on any atom is 0.353 e. The van der Waals surface area contributed by atoms with Crippen molar-refractivity contribution in [3.05, 3.63) is 86.8 Å². The number of rotatable bonds is 4. The quantitative estimate of drug-likeness (QED) is 0.368. The molecule has 0 bridgehead atoms. The molecule has 2 aromatic carbocycles. The summed E-state index contributed by atoms with van der Waals surface area (Å²) in [5, 5.41) is 18.7. The summed E-state index contributed by atoms with van der Waals surface area (Å²) in [4.78, 5) is 27.6. The monoisotopic (exact) mass is 450 g/mol. The number of halogens is 2. The van der Waals surface area contributed by atoms with Crippen LogP contribution in [0.2, 0.25) is 5.02 Å². The van der Waals surface area contributed by atoms with Gasteiger partial charge in [-0.2, -0.15) is 5.10 Å². The van der Waals surface area contributed by atoms with Gasteiger partial charge in [0.15, 0.2) is 0 Å². The molecule has 3 heterocycles. The van der Waals surface area contributed by atoms with Crippen LogP contribution in [0.1, 0.15) is 21.6 Å². The Kier molecular flexibility index (Phi) is 4.60. The molecule has 0 saturated carbocycles. The number of hydrogen-bond donors (Lipinski definition) is 3. The number of benzene rings is 2. The van der Waals surface area contributed by atoms with Crippen LogP contribution in [0, 0.1) is 12.7 Å². The first-order valence-corrected chi connectivity index (χ1v) is 10.1. The number of aromatic amines is 2. The van der Waals surface area contributed by atoms with Crippen LogP contribution in [0.3, 0.4) is 0 Å². The topological polar surface area (TPSA) is 104 Å². The molecule has 5 aromatic rings. The highest BCUT2D eigenvalue weighted by atomic mass is 35.5. The van der Waals surface area contributed by atoms with Gasteiger partial charge in [0.1, 0.15) is 11.5 Å². The molecule has 0 spiro atoms. The smallest absolute Gasteiger partial charge is 0.353 e. The zero-order valence-electron chi connectivity index (χ0n) is 16.7. The van der Waals surface area contributed by atoms with E-state index in [0.29, 0.717) is 27.1 Å². The molecule has 160 valence electrons. The summed E-state index contributed by atoms with van der Waals surface area (Å²) in [6, 6.07) is 9.54. The fourth-order valence-corrected chi connectivity index (χ4v) is 4.28.